The van der Waals surface area contributed by atoms with Crippen LogP contribution in [0.25, 0.3) is 0 Å². The molecule has 1 N–H and O–H groups in total. The molecular weight excluding hydrogens is 378 g/mol. The van der Waals surface area contributed by atoms with Gasteiger partial charge in [-0.25, -0.2) is 4.79 Å². The molecule has 0 unspecified atom stereocenters. The van der Waals surface area contributed by atoms with Gasteiger partial charge >= 0.3 is 5.97 Å². The minimum absolute atomic E-state index is 0.256. The quantitative estimate of drug-likeness (QED) is 0.584. The summed E-state index contributed by atoms with van der Waals surface area (Å²) in [5.41, 5.74) is 2.12. The van der Waals surface area contributed by atoms with Crippen LogP contribution in [-0.4, -0.2) is 18.5 Å². The van der Waals surface area contributed by atoms with Gasteiger partial charge in [0.25, 0.3) is 5.91 Å². The van der Waals surface area contributed by atoms with E-state index < -0.39 is 5.97 Å². The second-order valence-corrected chi connectivity index (χ2v) is 8.28. The van der Waals surface area contributed by atoms with Crippen LogP contribution in [0, 0.1) is 6.92 Å². The van der Waals surface area contributed by atoms with E-state index >= 15 is 0 Å². The lowest BCUT2D eigenvalue weighted by molar-refractivity contribution is -0.124. The Labute approximate surface area is 166 Å². The summed E-state index contributed by atoms with van der Waals surface area (Å²) in [5, 5.41) is 4.94. The zero-order chi connectivity index (χ0) is 19.2. The Balaban J connectivity index is 1.63. The van der Waals surface area contributed by atoms with Crippen LogP contribution in [0.4, 0.5) is 0 Å². The molecule has 2 heterocycles. The molecule has 0 fully saturated rings. The summed E-state index contributed by atoms with van der Waals surface area (Å²) >= 11 is 2.98. The molecule has 140 valence electrons. The lowest BCUT2D eigenvalue weighted by Gasteiger charge is -2.18. The van der Waals surface area contributed by atoms with E-state index in [0.717, 1.165) is 27.3 Å². The second kappa shape index (κ2) is 8.97. The summed E-state index contributed by atoms with van der Waals surface area (Å²) in [4.78, 5) is 27.3. The molecule has 0 radical (unpaired) electrons. The summed E-state index contributed by atoms with van der Waals surface area (Å²) in [6, 6.07) is 15.3. The van der Waals surface area contributed by atoms with E-state index in [2.05, 4.69) is 5.32 Å². The topological polar surface area (TPSA) is 55.4 Å². The Bertz CT molecular complexity index is 901. The molecule has 0 saturated carbocycles. The predicted octanol–water partition coefficient (Wildman–Crippen LogP) is 4.74. The molecule has 6 heteroatoms. The van der Waals surface area contributed by atoms with Crippen molar-refractivity contribution in [3.8, 4) is 0 Å². The first-order valence-electron chi connectivity index (χ1n) is 8.72. The number of benzene rings is 1. The zero-order valence-corrected chi connectivity index (χ0v) is 16.9. The van der Waals surface area contributed by atoms with E-state index in [9.17, 15) is 9.59 Å². The molecule has 2 aromatic heterocycles. The summed E-state index contributed by atoms with van der Waals surface area (Å²) in [6.45, 7) is 3.73. The molecule has 0 bridgehead atoms. The van der Waals surface area contributed by atoms with Crippen molar-refractivity contribution in [3.05, 3.63) is 79.7 Å². The van der Waals surface area contributed by atoms with Gasteiger partial charge in [0.05, 0.1) is 6.04 Å². The maximum Gasteiger partial charge on any atom is 0.348 e. The van der Waals surface area contributed by atoms with Crippen molar-refractivity contribution in [2.45, 2.75) is 26.3 Å². The zero-order valence-electron chi connectivity index (χ0n) is 15.2. The van der Waals surface area contributed by atoms with Gasteiger partial charge in [0.15, 0.2) is 6.61 Å². The van der Waals surface area contributed by atoms with Gasteiger partial charge < -0.3 is 10.1 Å². The van der Waals surface area contributed by atoms with E-state index in [4.69, 9.17) is 4.74 Å². The Kier molecular flexibility index (Phi) is 6.42. The standard InChI is InChI=1S/C21H21NO3S2/c1-3-15-12-18(27-14(15)2)21(24)25-13-19(23)22-20(17-10-7-11-26-17)16-8-5-4-6-9-16/h4-12,20H,3,13H2,1-2H3,(H,22,23)/t20-/m0/s1. The number of carbonyl (C=O) groups is 2. The molecule has 0 aliphatic rings. The molecule has 3 aromatic rings. The van der Waals surface area contributed by atoms with Gasteiger partial charge in [-0.1, -0.05) is 43.3 Å². The molecular formula is C21H21NO3S2. The Morgan fingerprint density at radius 3 is 2.56 bits per heavy atom. The number of hydrogen-bond acceptors (Lipinski definition) is 5. The number of rotatable bonds is 7. The lowest BCUT2D eigenvalue weighted by atomic mass is 10.1. The summed E-state index contributed by atoms with van der Waals surface area (Å²) in [7, 11) is 0. The number of ether oxygens (including phenoxy) is 1. The molecule has 1 amide bonds. The van der Waals surface area contributed by atoms with Crippen LogP contribution in [-0.2, 0) is 16.0 Å². The summed E-state index contributed by atoms with van der Waals surface area (Å²) < 4.78 is 5.22. The van der Waals surface area contributed by atoms with Crippen LogP contribution in [0.15, 0.2) is 53.9 Å². The van der Waals surface area contributed by atoms with E-state index in [0.29, 0.717) is 4.88 Å². The van der Waals surface area contributed by atoms with Crippen LogP contribution >= 0.6 is 22.7 Å². The van der Waals surface area contributed by atoms with Gasteiger partial charge in [-0.05, 0) is 42.0 Å². The third kappa shape index (κ3) is 4.84. The van der Waals surface area contributed by atoms with Crippen molar-refractivity contribution in [2.75, 3.05) is 6.61 Å². The third-order valence-corrected chi connectivity index (χ3v) is 6.21. The van der Waals surface area contributed by atoms with E-state index in [1.54, 1.807) is 11.3 Å². The number of esters is 1. The van der Waals surface area contributed by atoms with Crippen molar-refractivity contribution in [1.29, 1.82) is 0 Å². The highest BCUT2D eigenvalue weighted by atomic mass is 32.1. The van der Waals surface area contributed by atoms with Crippen LogP contribution in [0.2, 0.25) is 0 Å². The molecule has 1 atom stereocenters. The average molecular weight is 400 g/mol. The van der Waals surface area contributed by atoms with Gasteiger partial charge in [-0.2, -0.15) is 0 Å². The van der Waals surface area contributed by atoms with Crippen LogP contribution < -0.4 is 5.32 Å². The lowest BCUT2D eigenvalue weighted by Crippen LogP contribution is -2.32. The van der Waals surface area contributed by atoms with Crippen LogP contribution in [0.5, 0.6) is 0 Å². The number of carbonyl (C=O) groups excluding carboxylic acids is 2. The SMILES string of the molecule is CCc1cc(C(=O)OCC(=O)N[C@@H](c2ccccc2)c2cccs2)sc1C. The van der Waals surface area contributed by atoms with Crippen LogP contribution in [0.3, 0.4) is 0 Å². The van der Waals surface area contributed by atoms with Gasteiger partial charge in [0.1, 0.15) is 4.88 Å². The maximum absolute atomic E-state index is 12.4. The minimum atomic E-state index is -0.453. The number of hydrogen-bond donors (Lipinski definition) is 1. The number of thiophene rings is 2. The van der Waals surface area contributed by atoms with Crippen LogP contribution in [0.1, 0.15) is 43.5 Å². The first kappa shape index (κ1) is 19.3. The van der Waals surface area contributed by atoms with E-state index in [1.807, 2.05) is 67.8 Å². The molecule has 3 rings (SSSR count). The van der Waals surface area contributed by atoms with Crippen molar-refractivity contribution in [3.63, 3.8) is 0 Å². The van der Waals surface area contributed by atoms with E-state index in [1.165, 1.54) is 11.3 Å². The van der Waals surface area contributed by atoms with Gasteiger partial charge in [0, 0.05) is 9.75 Å². The average Bonchev–Trinajstić information content (AvgIpc) is 3.34. The molecule has 27 heavy (non-hydrogen) atoms. The largest absolute Gasteiger partial charge is 0.451 e. The molecule has 0 aliphatic carbocycles. The fourth-order valence-corrected chi connectivity index (χ4v) is 4.61. The second-order valence-electron chi connectivity index (χ2n) is 6.05. The Morgan fingerprint density at radius 1 is 1.15 bits per heavy atom. The van der Waals surface area contributed by atoms with E-state index in [-0.39, 0.29) is 18.6 Å². The van der Waals surface area contributed by atoms with Crippen molar-refractivity contribution in [2.24, 2.45) is 0 Å². The molecule has 0 spiro atoms. The van der Waals surface area contributed by atoms with Gasteiger partial charge in [-0.15, -0.1) is 22.7 Å². The van der Waals surface area contributed by atoms with Crippen molar-refractivity contribution >= 4 is 34.6 Å². The normalized spacial score (nSPS) is 11.8. The number of amides is 1. The first-order valence-corrected chi connectivity index (χ1v) is 10.4. The van der Waals surface area contributed by atoms with Crippen molar-refractivity contribution < 1.29 is 14.3 Å². The van der Waals surface area contributed by atoms with Crippen molar-refractivity contribution in [1.82, 2.24) is 5.32 Å². The first-order chi connectivity index (χ1) is 13.1. The molecule has 4 nitrogen and oxygen atoms in total. The Morgan fingerprint density at radius 2 is 1.93 bits per heavy atom. The summed E-state index contributed by atoms with van der Waals surface area (Å²) in [5.74, 6) is -0.778. The van der Waals surface area contributed by atoms with Gasteiger partial charge in [0.2, 0.25) is 0 Å². The summed E-state index contributed by atoms with van der Waals surface area (Å²) in [6.07, 6.45) is 0.871. The minimum Gasteiger partial charge on any atom is -0.451 e. The third-order valence-electron chi connectivity index (χ3n) is 4.20. The molecule has 0 aliphatic heterocycles. The number of aryl methyl sites for hydroxylation is 2. The fourth-order valence-electron chi connectivity index (χ4n) is 2.80. The van der Waals surface area contributed by atoms with Gasteiger partial charge in [-0.3, -0.25) is 4.79 Å². The molecule has 0 saturated heterocycles. The highest BCUT2D eigenvalue weighted by Crippen LogP contribution is 2.26. The highest BCUT2D eigenvalue weighted by molar-refractivity contribution is 7.14. The highest BCUT2D eigenvalue weighted by Gasteiger charge is 2.19. The number of nitrogens with one attached hydrogen (secondary N) is 1. The fraction of sp³-hybridized carbons (Fsp3) is 0.238. The monoisotopic (exact) mass is 399 g/mol. The Hall–Kier alpha value is -2.44. The predicted molar refractivity (Wildman–Crippen MR) is 109 cm³/mol. The smallest absolute Gasteiger partial charge is 0.348 e. The maximum atomic E-state index is 12.4. The molecule has 1 aromatic carbocycles.